The summed E-state index contributed by atoms with van der Waals surface area (Å²) in [6.07, 6.45) is -1.05. The molecule has 0 bridgehead atoms. The first-order valence-electron chi connectivity index (χ1n) is 9.83. The third-order valence-corrected chi connectivity index (χ3v) is 4.81. The lowest BCUT2D eigenvalue weighted by Gasteiger charge is -2.17. The van der Waals surface area contributed by atoms with Crippen molar-refractivity contribution < 1.29 is 14.6 Å². The summed E-state index contributed by atoms with van der Waals surface area (Å²) in [5.41, 5.74) is 2.64. The first kappa shape index (κ1) is 21.7. The molecule has 158 valence electrons. The van der Waals surface area contributed by atoms with Gasteiger partial charge in [-0.1, -0.05) is 55.8 Å². The topological polar surface area (TPSA) is 67.6 Å². The molecule has 7 heteroatoms. The molecule has 6 nitrogen and oxygen atoms in total. The second kappa shape index (κ2) is 9.67. The average Bonchev–Trinajstić information content (AvgIpc) is 3.06. The normalized spacial score (nSPS) is 11.0. The summed E-state index contributed by atoms with van der Waals surface area (Å²) in [7, 11) is 0. The maximum atomic E-state index is 11.9. The van der Waals surface area contributed by atoms with Gasteiger partial charge in [-0.2, -0.15) is 5.10 Å². The van der Waals surface area contributed by atoms with Crippen molar-refractivity contribution in [3.63, 3.8) is 0 Å². The lowest BCUT2D eigenvalue weighted by molar-refractivity contribution is 0.201. The highest BCUT2D eigenvalue weighted by Crippen LogP contribution is 2.26. The number of hydrogen-bond acceptors (Lipinski definition) is 3. The van der Waals surface area contributed by atoms with Crippen molar-refractivity contribution in [1.82, 2.24) is 9.78 Å². The Bertz CT molecular complexity index is 1000. The van der Waals surface area contributed by atoms with Crippen LogP contribution >= 0.6 is 11.6 Å². The summed E-state index contributed by atoms with van der Waals surface area (Å²) in [6.45, 7) is 7.34. The number of carboxylic acid groups (broad SMARTS) is 1. The fraction of sp³-hybridized carbons (Fsp3) is 0.304. The molecule has 0 fully saturated rings. The number of aryl methyl sites for hydroxylation is 1. The molecule has 0 aliphatic rings. The number of rotatable bonds is 8. The SMILES string of the molecule is Cc1cc(N(Cc2ccccc2)C(=O)O)nn1Cc1cc(Cl)ccc1OCC(C)C. The molecule has 1 amide bonds. The molecule has 0 unspecified atom stereocenters. The van der Waals surface area contributed by atoms with Crippen molar-refractivity contribution in [2.45, 2.75) is 33.9 Å². The van der Waals surface area contributed by atoms with Crippen molar-refractivity contribution in [3.8, 4) is 5.75 Å². The van der Waals surface area contributed by atoms with Crippen LogP contribution in [0, 0.1) is 12.8 Å². The summed E-state index contributed by atoms with van der Waals surface area (Å²) in [4.78, 5) is 13.1. The predicted molar refractivity (Wildman–Crippen MR) is 119 cm³/mol. The van der Waals surface area contributed by atoms with Gasteiger partial charge >= 0.3 is 6.09 Å². The second-order valence-corrected chi connectivity index (χ2v) is 8.05. The summed E-state index contributed by atoms with van der Waals surface area (Å²) < 4.78 is 7.70. The third-order valence-electron chi connectivity index (χ3n) is 4.57. The first-order valence-corrected chi connectivity index (χ1v) is 10.2. The highest BCUT2D eigenvalue weighted by molar-refractivity contribution is 6.30. The van der Waals surface area contributed by atoms with Gasteiger partial charge in [-0.25, -0.2) is 4.79 Å². The number of aromatic nitrogens is 2. The van der Waals surface area contributed by atoms with Crippen LogP contribution in [0.3, 0.4) is 0 Å². The molecule has 1 heterocycles. The van der Waals surface area contributed by atoms with Crippen molar-refractivity contribution in [1.29, 1.82) is 0 Å². The van der Waals surface area contributed by atoms with Gasteiger partial charge in [-0.15, -0.1) is 0 Å². The Hall–Kier alpha value is -2.99. The number of nitrogens with zero attached hydrogens (tertiary/aromatic N) is 3. The van der Waals surface area contributed by atoms with E-state index in [-0.39, 0.29) is 6.54 Å². The summed E-state index contributed by atoms with van der Waals surface area (Å²) in [5.74, 6) is 1.54. The summed E-state index contributed by atoms with van der Waals surface area (Å²) in [5, 5.41) is 14.9. The van der Waals surface area contributed by atoms with Crippen LogP contribution in [-0.4, -0.2) is 27.6 Å². The Labute approximate surface area is 181 Å². The Morgan fingerprint density at radius 3 is 2.60 bits per heavy atom. The van der Waals surface area contributed by atoms with Crippen molar-refractivity contribution in [2.24, 2.45) is 5.92 Å². The van der Waals surface area contributed by atoms with Gasteiger partial charge in [0.05, 0.1) is 19.7 Å². The number of hydrogen-bond donors (Lipinski definition) is 1. The molecule has 0 atom stereocenters. The molecular weight excluding hydrogens is 402 g/mol. The van der Waals surface area contributed by atoms with Crippen LogP contribution in [0.1, 0.15) is 30.7 Å². The van der Waals surface area contributed by atoms with Crippen LogP contribution in [-0.2, 0) is 13.1 Å². The Balaban J connectivity index is 1.85. The number of benzene rings is 2. The van der Waals surface area contributed by atoms with Crippen LogP contribution < -0.4 is 9.64 Å². The highest BCUT2D eigenvalue weighted by atomic mass is 35.5. The van der Waals surface area contributed by atoms with Crippen molar-refractivity contribution in [2.75, 3.05) is 11.5 Å². The minimum atomic E-state index is -1.05. The molecule has 30 heavy (non-hydrogen) atoms. The number of anilines is 1. The maximum absolute atomic E-state index is 11.9. The first-order chi connectivity index (χ1) is 14.3. The van der Waals surface area contributed by atoms with E-state index < -0.39 is 6.09 Å². The second-order valence-electron chi connectivity index (χ2n) is 7.61. The van der Waals surface area contributed by atoms with Crippen LogP contribution in [0.2, 0.25) is 5.02 Å². The van der Waals surface area contributed by atoms with E-state index in [1.165, 1.54) is 4.90 Å². The molecule has 1 aromatic heterocycles. The molecule has 0 saturated carbocycles. The molecule has 3 rings (SSSR count). The lowest BCUT2D eigenvalue weighted by Crippen LogP contribution is -2.29. The molecular formula is C23H26ClN3O3. The van der Waals surface area contributed by atoms with Crippen LogP contribution in [0.15, 0.2) is 54.6 Å². The molecule has 0 spiro atoms. The summed E-state index contributed by atoms with van der Waals surface area (Å²) >= 11 is 6.20. The standard InChI is InChI=1S/C23H26ClN3O3/c1-16(2)15-30-21-10-9-20(24)12-19(21)14-27-17(3)11-22(25-27)26(23(28)29)13-18-7-5-4-6-8-18/h4-12,16H,13-15H2,1-3H3,(H,28,29). The number of halogens is 1. The van der Waals surface area contributed by atoms with E-state index in [9.17, 15) is 9.90 Å². The quantitative estimate of drug-likeness (QED) is 0.507. The van der Waals surface area contributed by atoms with E-state index in [1.54, 1.807) is 16.8 Å². The van der Waals surface area contributed by atoms with Crippen LogP contribution in [0.25, 0.3) is 0 Å². The van der Waals surface area contributed by atoms with Gasteiger partial charge in [0.2, 0.25) is 0 Å². The zero-order valence-corrected chi connectivity index (χ0v) is 18.1. The van der Waals surface area contributed by atoms with E-state index in [4.69, 9.17) is 16.3 Å². The van der Waals surface area contributed by atoms with Gasteiger partial charge in [0.15, 0.2) is 5.82 Å². The van der Waals surface area contributed by atoms with Crippen molar-refractivity contribution in [3.05, 3.63) is 76.4 Å². The molecule has 2 aromatic carbocycles. The van der Waals surface area contributed by atoms with Gasteiger partial charge in [0, 0.05) is 22.3 Å². The minimum Gasteiger partial charge on any atom is -0.493 e. The predicted octanol–water partition coefficient (Wildman–Crippen LogP) is 5.61. The fourth-order valence-corrected chi connectivity index (χ4v) is 3.22. The van der Waals surface area contributed by atoms with E-state index in [0.29, 0.717) is 29.9 Å². The average molecular weight is 428 g/mol. The van der Waals surface area contributed by atoms with Crippen LogP contribution in [0.5, 0.6) is 5.75 Å². The zero-order chi connectivity index (χ0) is 21.7. The molecule has 1 N–H and O–H groups in total. The number of ether oxygens (including phenoxy) is 1. The van der Waals surface area contributed by atoms with E-state index in [0.717, 1.165) is 22.6 Å². The monoisotopic (exact) mass is 427 g/mol. The largest absolute Gasteiger partial charge is 0.493 e. The van der Waals surface area contributed by atoms with Gasteiger partial charge in [-0.3, -0.25) is 9.58 Å². The van der Waals surface area contributed by atoms with Gasteiger partial charge in [0.1, 0.15) is 5.75 Å². The van der Waals surface area contributed by atoms with Crippen LogP contribution in [0.4, 0.5) is 10.6 Å². The molecule has 0 radical (unpaired) electrons. The zero-order valence-electron chi connectivity index (χ0n) is 17.4. The van der Waals surface area contributed by atoms with Gasteiger partial charge < -0.3 is 9.84 Å². The maximum Gasteiger partial charge on any atom is 0.413 e. The van der Waals surface area contributed by atoms with Crippen molar-refractivity contribution >= 4 is 23.5 Å². The van der Waals surface area contributed by atoms with Gasteiger partial charge in [-0.05, 0) is 36.6 Å². The van der Waals surface area contributed by atoms with E-state index in [2.05, 4.69) is 18.9 Å². The lowest BCUT2D eigenvalue weighted by atomic mass is 10.2. The summed E-state index contributed by atoms with van der Waals surface area (Å²) in [6, 6.07) is 16.7. The Morgan fingerprint density at radius 2 is 1.93 bits per heavy atom. The molecule has 0 saturated heterocycles. The number of amides is 1. The Kier molecular flexibility index (Phi) is 7.00. The smallest absolute Gasteiger partial charge is 0.413 e. The third kappa shape index (κ3) is 5.54. The number of carbonyl (C=O) groups is 1. The minimum absolute atomic E-state index is 0.229. The van der Waals surface area contributed by atoms with E-state index >= 15 is 0 Å². The molecule has 0 aliphatic heterocycles. The fourth-order valence-electron chi connectivity index (χ4n) is 3.03. The Morgan fingerprint density at radius 1 is 1.20 bits per heavy atom. The van der Waals surface area contributed by atoms with Gasteiger partial charge in [0.25, 0.3) is 0 Å². The molecule has 3 aromatic rings. The van der Waals surface area contributed by atoms with E-state index in [1.807, 2.05) is 49.4 Å². The molecule has 0 aliphatic carbocycles. The highest BCUT2D eigenvalue weighted by Gasteiger charge is 2.20.